The van der Waals surface area contributed by atoms with Gasteiger partial charge < -0.3 is 4.90 Å². The summed E-state index contributed by atoms with van der Waals surface area (Å²) in [4.78, 5) is 2.41. The summed E-state index contributed by atoms with van der Waals surface area (Å²) >= 11 is 0. The van der Waals surface area contributed by atoms with E-state index >= 15 is 0 Å². The molecule has 0 aromatic heterocycles. The lowest BCUT2D eigenvalue weighted by atomic mass is 9.69. The van der Waals surface area contributed by atoms with Crippen molar-refractivity contribution in [3.63, 3.8) is 0 Å². The molecule has 1 spiro atoms. The molecule has 0 saturated heterocycles. The SMILES string of the molecule is CC1(C)c2ccccc2-c2c1ccc1c2-c2ccccc2C12c1ccccc1-c1ccc(-c3ccc(N(c4ccc(-c5ccccc5)cc4)c4cc(-c5ccccc5)cc(-c5ccccc5)c4)cc3)cc12. The van der Waals surface area contributed by atoms with E-state index in [0.29, 0.717) is 0 Å². The van der Waals surface area contributed by atoms with E-state index in [2.05, 4.69) is 280 Å². The molecule has 71 heavy (non-hydrogen) atoms. The van der Waals surface area contributed by atoms with Crippen LogP contribution in [-0.2, 0) is 10.8 Å². The maximum Gasteiger partial charge on any atom is 0.0725 e. The minimum absolute atomic E-state index is 0.0907. The molecule has 0 heterocycles. The van der Waals surface area contributed by atoms with Crippen LogP contribution in [0.1, 0.15) is 47.2 Å². The Hall–Kier alpha value is -8.78. The first kappa shape index (κ1) is 41.2. The highest BCUT2D eigenvalue weighted by Crippen LogP contribution is 2.66. The van der Waals surface area contributed by atoms with Crippen LogP contribution in [0.5, 0.6) is 0 Å². The molecule has 0 N–H and O–H groups in total. The van der Waals surface area contributed by atoms with Crippen LogP contribution >= 0.6 is 0 Å². The van der Waals surface area contributed by atoms with Crippen LogP contribution in [0.4, 0.5) is 17.1 Å². The second kappa shape index (κ2) is 15.9. The van der Waals surface area contributed by atoms with Gasteiger partial charge in [0.25, 0.3) is 0 Å². The van der Waals surface area contributed by atoms with E-state index < -0.39 is 5.41 Å². The van der Waals surface area contributed by atoms with Gasteiger partial charge in [-0.3, -0.25) is 0 Å². The monoisotopic (exact) mass is 903 g/mol. The second-order valence-electron chi connectivity index (χ2n) is 20.0. The molecule has 3 aliphatic rings. The summed E-state index contributed by atoms with van der Waals surface area (Å²) in [7, 11) is 0. The highest BCUT2D eigenvalue weighted by Gasteiger charge is 2.53. The molecule has 0 fully saturated rings. The molecule has 14 rings (SSSR count). The van der Waals surface area contributed by atoms with Crippen molar-refractivity contribution in [2.45, 2.75) is 24.7 Å². The summed E-state index contributed by atoms with van der Waals surface area (Å²) in [5.41, 5.74) is 28.6. The Morgan fingerprint density at radius 1 is 0.239 bits per heavy atom. The van der Waals surface area contributed by atoms with Gasteiger partial charge in [-0.2, -0.15) is 0 Å². The fourth-order valence-electron chi connectivity index (χ4n) is 12.6. The summed E-state index contributed by atoms with van der Waals surface area (Å²) in [6.07, 6.45) is 0. The molecule has 1 heteroatoms. The Balaban J connectivity index is 0.926. The fraction of sp³-hybridized carbons (Fsp3) is 0.0571. The van der Waals surface area contributed by atoms with E-state index in [9.17, 15) is 0 Å². The number of nitrogens with zero attached hydrogens (tertiary/aromatic N) is 1. The van der Waals surface area contributed by atoms with Crippen molar-refractivity contribution < 1.29 is 0 Å². The first-order chi connectivity index (χ1) is 35.0. The minimum Gasteiger partial charge on any atom is -0.310 e. The maximum atomic E-state index is 2.51. The Labute approximate surface area is 416 Å². The molecule has 11 aromatic carbocycles. The Kier molecular flexibility index (Phi) is 9.22. The lowest BCUT2D eigenvalue weighted by Gasteiger charge is -2.31. The normalized spacial score (nSPS) is 15.1. The van der Waals surface area contributed by atoms with Gasteiger partial charge in [0.05, 0.1) is 5.41 Å². The number of anilines is 3. The summed E-state index contributed by atoms with van der Waals surface area (Å²) in [6.45, 7) is 4.78. The van der Waals surface area contributed by atoms with Gasteiger partial charge >= 0.3 is 0 Å². The van der Waals surface area contributed by atoms with Gasteiger partial charge in [0, 0.05) is 22.5 Å². The van der Waals surface area contributed by atoms with Gasteiger partial charge in [0.15, 0.2) is 0 Å². The molecule has 3 aliphatic carbocycles. The number of rotatable bonds is 7. The van der Waals surface area contributed by atoms with Crippen molar-refractivity contribution in [3.8, 4) is 77.9 Å². The average Bonchev–Trinajstić information content (AvgIpc) is 4.00. The molecule has 1 nitrogen and oxygen atoms in total. The zero-order valence-electron chi connectivity index (χ0n) is 39.8. The molecule has 0 amide bonds. The van der Waals surface area contributed by atoms with Gasteiger partial charge in [-0.05, 0) is 160 Å². The van der Waals surface area contributed by atoms with Gasteiger partial charge in [0.2, 0.25) is 0 Å². The largest absolute Gasteiger partial charge is 0.310 e. The van der Waals surface area contributed by atoms with E-state index in [1.54, 1.807) is 0 Å². The summed E-state index contributed by atoms with van der Waals surface area (Å²) < 4.78 is 0. The second-order valence-corrected chi connectivity index (χ2v) is 20.0. The quantitative estimate of drug-likeness (QED) is 0.154. The minimum atomic E-state index is -0.465. The van der Waals surface area contributed by atoms with E-state index in [1.165, 1.54) is 111 Å². The first-order valence-electron chi connectivity index (χ1n) is 24.9. The fourth-order valence-corrected chi connectivity index (χ4v) is 12.6. The van der Waals surface area contributed by atoms with Crippen LogP contribution in [-0.4, -0.2) is 0 Å². The van der Waals surface area contributed by atoms with Gasteiger partial charge in [0.1, 0.15) is 0 Å². The number of benzene rings is 11. The molecule has 0 aliphatic heterocycles. The molecule has 334 valence electrons. The van der Waals surface area contributed by atoms with Crippen LogP contribution in [0.3, 0.4) is 0 Å². The smallest absolute Gasteiger partial charge is 0.0725 e. The maximum absolute atomic E-state index is 2.51. The summed E-state index contributed by atoms with van der Waals surface area (Å²) in [5.74, 6) is 0. The molecule has 1 atom stereocenters. The van der Waals surface area contributed by atoms with Crippen LogP contribution < -0.4 is 4.90 Å². The van der Waals surface area contributed by atoms with E-state index in [4.69, 9.17) is 0 Å². The third-order valence-electron chi connectivity index (χ3n) is 15.9. The van der Waals surface area contributed by atoms with Crippen LogP contribution in [0.25, 0.3) is 77.9 Å². The van der Waals surface area contributed by atoms with Crippen molar-refractivity contribution in [2.24, 2.45) is 0 Å². The van der Waals surface area contributed by atoms with Gasteiger partial charge in [-0.1, -0.05) is 226 Å². The highest BCUT2D eigenvalue weighted by atomic mass is 15.1. The molecule has 11 aromatic rings. The van der Waals surface area contributed by atoms with E-state index in [1.807, 2.05) is 0 Å². The highest BCUT2D eigenvalue weighted by molar-refractivity contribution is 6.03. The Bertz CT molecular complexity index is 3810. The van der Waals surface area contributed by atoms with Crippen molar-refractivity contribution in [2.75, 3.05) is 4.90 Å². The number of hydrogen-bond donors (Lipinski definition) is 0. The molecule has 0 bridgehead atoms. The Morgan fingerprint density at radius 2 is 0.634 bits per heavy atom. The molecule has 0 radical (unpaired) electrons. The van der Waals surface area contributed by atoms with Crippen molar-refractivity contribution in [1.82, 2.24) is 0 Å². The standard InChI is InChI=1S/C70H49N/c1-69(2)61-27-15-13-25-59(61)67-64(69)40-41-65-68(67)60-26-14-17-29-63(60)70(65)62-28-16-12-24-57(62)58-39-34-51(45-66(58)70)50-32-37-55(38-33-50)71(54-35-30-49(31-36-54)46-18-6-3-7-19-46)56-43-52(47-20-8-4-9-21-47)42-53(44-56)48-22-10-5-11-23-48/h3-45H,1-2H3. The van der Waals surface area contributed by atoms with E-state index in [0.717, 1.165) is 17.1 Å². The topological polar surface area (TPSA) is 3.24 Å². The third kappa shape index (κ3) is 6.19. The van der Waals surface area contributed by atoms with Crippen molar-refractivity contribution >= 4 is 17.1 Å². The van der Waals surface area contributed by atoms with E-state index in [-0.39, 0.29) is 5.41 Å². The van der Waals surface area contributed by atoms with Gasteiger partial charge in [-0.15, -0.1) is 0 Å². The van der Waals surface area contributed by atoms with Crippen molar-refractivity contribution in [3.05, 3.63) is 294 Å². The Morgan fingerprint density at radius 3 is 1.21 bits per heavy atom. The van der Waals surface area contributed by atoms with Crippen LogP contribution in [0.15, 0.2) is 261 Å². The molecule has 1 unspecified atom stereocenters. The predicted molar refractivity (Wildman–Crippen MR) is 297 cm³/mol. The predicted octanol–water partition coefficient (Wildman–Crippen LogP) is 18.5. The summed E-state index contributed by atoms with van der Waals surface area (Å²) in [5, 5.41) is 0. The summed E-state index contributed by atoms with van der Waals surface area (Å²) in [6, 6.07) is 97.0. The third-order valence-corrected chi connectivity index (χ3v) is 15.9. The van der Waals surface area contributed by atoms with Crippen LogP contribution in [0.2, 0.25) is 0 Å². The average molecular weight is 904 g/mol. The van der Waals surface area contributed by atoms with Crippen LogP contribution in [0, 0.1) is 0 Å². The molecular weight excluding hydrogens is 855 g/mol. The zero-order valence-corrected chi connectivity index (χ0v) is 39.8. The molecule has 0 saturated carbocycles. The van der Waals surface area contributed by atoms with Gasteiger partial charge in [-0.25, -0.2) is 0 Å². The number of fused-ring (bicyclic) bond motifs is 14. The lowest BCUT2D eigenvalue weighted by Crippen LogP contribution is -2.26. The van der Waals surface area contributed by atoms with Crippen molar-refractivity contribution in [1.29, 1.82) is 0 Å². The molecular formula is C70H49N. The zero-order chi connectivity index (χ0) is 47.3. The lowest BCUT2D eigenvalue weighted by molar-refractivity contribution is 0.660. The number of hydrogen-bond acceptors (Lipinski definition) is 1. The first-order valence-corrected chi connectivity index (χ1v) is 24.9.